The third-order valence-electron chi connectivity index (χ3n) is 9.51. The number of amides is 3. The standard InChI is InChI=1S/C39H47N5O3S/c1-42-22-8-14-33(42)20-21-41-37(45)35(26-34-15-9-23-48-34)43(2)39(47)36(44(3)38(46)32-13-7-10-29(24-32)27-40)25-28-16-18-31(19-17-28)30-11-5-4-6-12-30/h4-7,9-13,15-19,23-24,33,35-36H,8,14,20-22,25-27,40H2,1-3H3,(H,41,45)/t33?,35-,36-/m1/s1. The number of hydrogen-bond donors (Lipinski definition) is 2. The van der Waals surface area contributed by atoms with Gasteiger partial charge in [0.1, 0.15) is 12.1 Å². The SMILES string of the molecule is CN1CCCC1CCNC(=O)[C@@H](Cc1cccs1)N(C)C(=O)[C@@H](Cc1ccc(-c2ccccc2)cc1)N(C)C(=O)c1cccc(CN)c1. The van der Waals surface area contributed by atoms with Gasteiger partial charge in [0, 0.05) is 56.5 Å². The van der Waals surface area contributed by atoms with Crippen molar-refractivity contribution in [1.82, 2.24) is 20.0 Å². The van der Waals surface area contributed by atoms with Gasteiger partial charge >= 0.3 is 0 Å². The highest BCUT2D eigenvalue weighted by atomic mass is 32.1. The monoisotopic (exact) mass is 665 g/mol. The molecular weight excluding hydrogens is 619 g/mol. The van der Waals surface area contributed by atoms with Gasteiger partial charge in [0.2, 0.25) is 11.8 Å². The second kappa shape index (κ2) is 16.7. The molecule has 1 fully saturated rings. The van der Waals surface area contributed by atoms with Crippen LogP contribution >= 0.6 is 11.3 Å². The van der Waals surface area contributed by atoms with E-state index in [9.17, 15) is 14.4 Å². The van der Waals surface area contributed by atoms with Crippen LogP contribution < -0.4 is 11.1 Å². The van der Waals surface area contributed by atoms with Crippen molar-refractivity contribution in [3.05, 3.63) is 118 Å². The lowest BCUT2D eigenvalue weighted by Crippen LogP contribution is -2.56. The van der Waals surface area contributed by atoms with Crippen LogP contribution in [-0.4, -0.2) is 84.8 Å². The number of hydrogen-bond acceptors (Lipinski definition) is 6. The second-order valence-corrected chi connectivity index (χ2v) is 13.7. The first-order valence-corrected chi connectivity index (χ1v) is 17.6. The lowest BCUT2D eigenvalue weighted by molar-refractivity contribution is -0.142. The fourth-order valence-corrected chi connectivity index (χ4v) is 7.23. The molecule has 3 atom stereocenters. The molecule has 8 nitrogen and oxygen atoms in total. The summed E-state index contributed by atoms with van der Waals surface area (Å²) in [6, 6.07) is 28.2. The molecule has 1 aliphatic heterocycles. The molecule has 0 spiro atoms. The molecule has 252 valence electrons. The summed E-state index contributed by atoms with van der Waals surface area (Å²) in [7, 11) is 5.48. The molecule has 1 aliphatic rings. The largest absolute Gasteiger partial charge is 0.354 e. The van der Waals surface area contributed by atoms with E-state index in [0.29, 0.717) is 37.5 Å². The van der Waals surface area contributed by atoms with Crippen molar-refractivity contribution in [3.63, 3.8) is 0 Å². The summed E-state index contributed by atoms with van der Waals surface area (Å²) >= 11 is 1.57. The number of nitrogens with zero attached hydrogens (tertiary/aromatic N) is 3. The van der Waals surface area contributed by atoms with Crippen LogP contribution in [-0.2, 0) is 29.0 Å². The van der Waals surface area contributed by atoms with E-state index in [2.05, 4.69) is 29.4 Å². The maximum atomic E-state index is 14.6. The van der Waals surface area contributed by atoms with Gasteiger partial charge in [-0.25, -0.2) is 0 Å². The Morgan fingerprint density at radius 1 is 0.875 bits per heavy atom. The van der Waals surface area contributed by atoms with Crippen LogP contribution in [0.4, 0.5) is 0 Å². The highest BCUT2D eigenvalue weighted by Gasteiger charge is 2.36. The Hall–Kier alpha value is -4.31. The van der Waals surface area contributed by atoms with E-state index in [1.165, 1.54) is 11.3 Å². The molecule has 1 unspecified atom stereocenters. The van der Waals surface area contributed by atoms with Crippen molar-refractivity contribution < 1.29 is 14.4 Å². The molecule has 3 amide bonds. The predicted molar refractivity (Wildman–Crippen MR) is 194 cm³/mol. The third-order valence-corrected chi connectivity index (χ3v) is 10.4. The average Bonchev–Trinajstić information content (AvgIpc) is 3.80. The summed E-state index contributed by atoms with van der Waals surface area (Å²) in [5, 5.41) is 5.11. The normalized spacial score (nSPS) is 15.9. The highest BCUT2D eigenvalue weighted by Crippen LogP contribution is 2.23. The van der Waals surface area contributed by atoms with Gasteiger partial charge in [0.25, 0.3) is 5.91 Å². The number of benzene rings is 3. The molecule has 2 heterocycles. The Morgan fingerprint density at radius 3 is 2.29 bits per heavy atom. The minimum atomic E-state index is -0.850. The first kappa shape index (κ1) is 35.0. The molecular formula is C39H47N5O3S. The number of nitrogens with two attached hydrogens (primary N) is 1. The van der Waals surface area contributed by atoms with E-state index in [0.717, 1.165) is 46.5 Å². The summed E-state index contributed by atoms with van der Waals surface area (Å²) < 4.78 is 0. The van der Waals surface area contributed by atoms with Crippen LogP contribution in [0.25, 0.3) is 11.1 Å². The molecule has 1 aromatic heterocycles. The average molecular weight is 666 g/mol. The van der Waals surface area contributed by atoms with Gasteiger partial charge in [-0.1, -0.05) is 72.8 Å². The van der Waals surface area contributed by atoms with Crippen LogP contribution in [0.2, 0.25) is 0 Å². The van der Waals surface area contributed by atoms with Crippen molar-refractivity contribution in [2.45, 2.75) is 56.8 Å². The van der Waals surface area contributed by atoms with E-state index >= 15 is 0 Å². The van der Waals surface area contributed by atoms with Crippen LogP contribution in [0.5, 0.6) is 0 Å². The Balaban J connectivity index is 1.40. The zero-order valence-electron chi connectivity index (χ0n) is 28.2. The summed E-state index contributed by atoms with van der Waals surface area (Å²) in [5.41, 5.74) is 10.3. The molecule has 9 heteroatoms. The van der Waals surface area contributed by atoms with E-state index in [1.54, 1.807) is 48.5 Å². The van der Waals surface area contributed by atoms with Crippen LogP contribution in [0.15, 0.2) is 96.4 Å². The van der Waals surface area contributed by atoms with Crippen LogP contribution in [0, 0.1) is 0 Å². The zero-order valence-corrected chi connectivity index (χ0v) is 29.0. The van der Waals surface area contributed by atoms with Crippen molar-refractivity contribution in [1.29, 1.82) is 0 Å². The zero-order chi connectivity index (χ0) is 34.0. The Bertz CT molecular complexity index is 1640. The number of nitrogens with one attached hydrogen (secondary N) is 1. The molecule has 3 aromatic carbocycles. The second-order valence-electron chi connectivity index (χ2n) is 12.7. The van der Waals surface area contributed by atoms with Crippen LogP contribution in [0.3, 0.4) is 0 Å². The van der Waals surface area contributed by atoms with E-state index in [1.807, 2.05) is 66.0 Å². The summed E-state index contributed by atoms with van der Waals surface area (Å²) in [5.74, 6) is -0.756. The topological polar surface area (TPSA) is 99.0 Å². The molecule has 5 rings (SSSR count). The van der Waals surface area contributed by atoms with Gasteiger partial charge in [-0.15, -0.1) is 11.3 Å². The summed E-state index contributed by atoms with van der Waals surface area (Å²) in [4.78, 5) is 48.7. The Labute approximate surface area is 288 Å². The smallest absolute Gasteiger partial charge is 0.254 e. The van der Waals surface area contributed by atoms with E-state index < -0.39 is 12.1 Å². The van der Waals surface area contributed by atoms with Gasteiger partial charge in [-0.2, -0.15) is 0 Å². The van der Waals surface area contributed by atoms with Crippen molar-refractivity contribution in [3.8, 4) is 11.1 Å². The quantitative estimate of drug-likeness (QED) is 0.192. The first-order chi connectivity index (χ1) is 23.2. The Kier molecular flexibility index (Phi) is 12.2. The molecule has 0 bridgehead atoms. The lowest BCUT2D eigenvalue weighted by atomic mass is 9.98. The maximum absolute atomic E-state index is 14.6. The molecule has 48 heavy (non-hydrogen) atoms. The minimum Gasteiger partial charge on any atom is -0.354 e. The van der Waals surface area contributed by atoms with E-state index in [4.69, 9.17) is 5.73 Å². The minimum absolute atomic E-state index is 0.185. The summed E-state index contributed by atoms with van der Waals surface area (Å²) in [6.45, 7) is 1.93. The maximum Gasteiger partial charge on any atom is 0.254 e. The fraction of sp³-hybridized carbons (Fsp3) is 0.359. The number of likely N-dealkylation sites (tertiary alicyclic amines) is 1. The van der Waals surface area contributed by atoms with Gasteiger partial charge in [-0.3, -0.25) is 14.4 Å². The number of carbonyl (C=O) groups is 3. The third kappa shape index (κ3) is 8.78. The Morgan fingerprint density at radius 2 is 1.62 bits per heavy atom. The number of likely N-dealkylation sites (N-methyl/N-ethyl adjacent to an activating group) is 2. The van der Waals surface area contributed by atoms with E-state index in [-0.39, 0.29) is 17.7 Å². The lowest BCUT2D eigenvalue weighted by Gasteiger charge is -2.34. The van der Waals surface area contributed by atoms with Crippen molar-refractivity contribution in [2.24, 2.45) is 5.73 Å². The number of carbonyl (C=O) groups excluding carboxylic acids is 3. The van der Waals surface area contributed by atoms with Gasteiger partial charge in [0.05, 0.1) is 0 Å². The van der Waals surface area contributed by atoms with Crippen molar-refractivity contribution in [2.75, 3.05) is 34.2 Å². The van der Waals surface area contributed by atoms with Gasteiger partial charge < -0.3 is 25.8 Å². The molecule has 1 saturated heterocycles. The molecule has 3 N–H and O–H groups in total. The van der Waals surface area contributed by atoms with Gasteiger partial charge in [-0.05, 0) is 78.7 Å². The first-order valence-electron chi connectivity index (χ1n) is 16.7. The number of rotatable bonds is 14. The van der Waals surface area contributed by atoms with Crippen molar-refractivity contribution >= 4 is 29.1 Å². The molecule has 4 aromatic rings. The molecule has 0 aliphatic carbocycles. The fourth-order valence-electron chi connectivity index (χ4n) is 6.49. The van der Waals surface area contributed by atoms with Crippen LogP contribution in [0.1, 0.15) is 45.6 Å². The number of thiophene rings is 1. The highest BCUT2D eigenvalue weighted by molar-refractivity contribution is 7.09. The molecule has 0 saturated carbocycles. The predicted octanol–water partition coefficient (Wildman–Crippen LogP) is 5.23. The summed E-state index contributed by atoms with van der Waals surface area (Å²) in [6.07, 6.45) is 3.85. The van der Waals surface area contributed by atoms with Gasteiger partial charge in [0.15, 0.2) is 0 Å². The molecule has 0 radical (unpaired) electrons.